The molecule has 2 amide bonds. The van der Waals surface area contributed by atoms with Crippen molar-refractivity contribution in [3.63, 3.8) is 0 Å². The van der Waals surface area contributed by atoms with Crippen LogP contribution in [0.5, 0.6) is 5.75 Å². The van der Waals surface area contributed by atoms with E-state index in [2.05, 4.69) is 4.57 Å². The molecule has 1 aliphatic heterocycles. The number of primary amides is 1. The zero-order chi connectivity index (χ0) is 21.8. The van der Waals surface area contributed by atoms with Crippen LogP contribution in [-0.4, -0.2) is 39.4 Å². The molecule has 0 atom stereocenters. The van der Waals surface area contributed by atoms with Crippen molar-refractivity contribution >= 4 is 23.2 Å². The Kier molecular flexibility index (Phi) is 6.36. The average molecular weight is 439 g/mol. The van der Waals surface area contributed by atoms with Crippen LogP contribution in [0.25, 0.3) is 11.4 Å². The average Bonchev–Trinajstić information content (AvgIpc) is 3.47. The summed E-state index contributed by atoms with van der Waals surface area (Å²) in [6.45, 7) is 4.52. The number of rotatable bonds is 9. The fourth-order valence-electron chi connectivity index (χ4n) is 3.91. The minimum Gasteiger partial charge on any atom is -0.486 e. The van der Waals surface area contributed by atoms with E-state index in [0.29, 0.717) is 25.1 Å². The number of ether oxygens (including phenoxy) is 1. The number of hydrogen-bond acceptors (Lipinski definition) is 5. The molecule has 4 rings (SSSR count). The van der Waals surface area contributed by atoms with Gasteiger partial charge in [-0.25, -0.2) is 4.98 Å². The van der Waals surface area contributed by atoms with Gasteiger partial charge in [-0.05, 0) is 38.0 Å². The number of para-hydroxylation sites is 1. The van der Waals surface area contributed by atoms with Gasteiger partial charge >= 0.3 is 0 Å². The van der Waals surface area contributed by atoms with E-state index >= 15 is 0 Å². The van der Waals surface area contributed by atoms with E-state index in [1.807, 2.05) is 53.6 Å². The molecule has 3 aromatic rings. The van der Waals surface area contributed by atoms with Crippen LogP contribution in [-0.2, 0) is 17.9 Å². The Balaban J connectivity index is 1.50. The Bertz CT molecular complexity index is 1070. The van der Waals surface area contributed by atoms with E-state index in [4.69, 9.17) is 15.5 Å². The molecular weight excluding hydrogens is 412 g/mol. The van der Waals surface area contributed by atoms with Crippen molar-refractivity contribution in [2.75, 3.05) is 13.1 Å². The van der Waals surface area contributed by atoms with E-state index in [1.165, 1.54) is 11.3 Å². The molecule has 1 aromatic carbocycles. The number of carbonyl (C=O) groups is 2. The molecule has 2 N–H and O–H groups in total. The van der Waals surface area contributed by atoms with Crippen molar-refractivity contribution in [3.05, 3.63) is 58.0 Å². The molecule has 31 heavy (non-hydrogen) atoms. The van der Waals surface area contributed by atoms with E-state index in [1.54, 1.807) is 0 Å². The molecule has 0 unspecified atom stereocenters. The predicted molar refractivity (Wildman–Crippen MR) is 120 cm³/mol. The van der Waals surface area contributed by atoms with Gasteiger partial charge in [0.15, 0.2) is 0 Å². The van der Waals surface area contributed by atoms with Crippen LogP contribution >= 0.6 is 11.3 Å². The molecule has 162 valence electrons. The van der Waals surface area contributed by atoms with Crippen LogP contribution in [0.3, 0.4) is 0 Å². The molecule has 3 heterocycles. The first kappa shape index (κ1) is 21.1. The molecule has 0 spiro atoms. The smallest absolute Gasteiger partial charge is 0.250 e. The highest BCUT2D eigenvalue weighted by Crippen LogP contribution is 2.28. The van der Waals surface area contributed by atoms with Gasteiger partial charge in [-0.1, -0.05) is 18.2 Å². The molecule has 1 saturated heterocycles. The lowest BCUT2D eigenvalue weighted by Gasteiger charge is -2.17. The fourth-order valence-corrected chi connectivity index (χ4v) is 4.61. The normalized spacial score (nSPS) is 13.7. The first-order valence-electron chi connectivity index (χ1n) is 10.4. The van der Waals surface area contributed by atoms with Gasteiger partial charge in [0.05, 0.1) is 17.0 Å². The fraction of sp³-hybridized carbons (Fsp3) is 0.348. The van der Waals surface area contributed by atoms with E-state index in [-0.39, 0.29) is 5.91 Å². The van der Waals surface area contributed by atoms with Gasteiger partial charge in [0.25, 0.3) is 5.91 Å². The molecule has 8 heteroatoms. The third-order valence-electron chi connectivity index (χ3n) is 5.53. The summed E-state index contributed by atoms with van der Waals surface area (Å²) in [6.07, 6.45) is 2.39. The van der Waals surface area contributed by atoms with Gasteiger partial charge < -0.3 is 19.9 Å². The summed E-state index contributed by atoms with van der Waals surface area (Å²) in [5.74, 6) is 0.575. The highest BCUT2D eigenvalue weighted by atomic mass is 32.1. The first-order valence-corrected chi connectivity index (χ1v) is 11.3. The number of benzene rings is 1. The van der Waals surface area contributed by atoms with Crippen molar-refractivity contribution in [1.29, 1.82) is 0 Å². The molecule has 0 radical (unpaired) electrons. The van der Waals surface area contributed by atoms with E-state index in [9.17, 15) is 9.59 Å². The molecule has 1 fully saturated rings. The van der Waals surface area contributed by atoms with Gasteiger partial charge in [-0.3, -0.25) is 9.59 Å². The maximum atomic E-state index is 11.9. The summed E-state index contributed by atoms with van der Waals surface area (Å²) in [4.78, 5) is 30.4. The Morgan fingerprint density at radius 1 is 1.26 bits per heavy atom. The van der Waals surface area contributed by atoms with Gasteiger partial charge in [-0.15, -0.1) is 11.3 Å². The summed E-state index contributed by atoms with van der Waals surface area (Å²) in [7, 11) is 0. The molecule has 0 aliphatic carbocycles. The molecule has 0 bridgehead atoms. The van der Waals surface area contributed by atoms with Crippen molar-refractivity contribution < 1.29 is 14.3 Å². The number of likely N-dealkylation sites (tertiary alicyclic amines) is 1. The minimum absolute atomic E-state index is 0.227. The van der Waals surface area contributed by atoms with Crippen LogP contribution in [0.4, 0.5) is 0 Å². The topological polar surface area (TPSA) is 90.5 Å². The lowest BCUT2D eigenvalue weighted by molar-refractivity contribution is -0.127. The summed E-state index contributed by atoms with van der Waals surface area (Å²) in [6, 6.07) is 11.4. The van der Waals surface area contributed by atoms with E-state index < -0.39 is 5.91 Å². The highest BCUT2D eigenvalue weighted by Gasteiger charge is 2.21. The molecule has 2 aromatic heterocycles. The second-order valence-electron chi connectivity index (χ2n) is 7.61. The van der Waals surface area contributed by atoms with Crippen LogP contribution < -0.4 is 10.5 Å². The summed E-state index contributed by atoms with van der Waals surface area (Å²) < 4.78 is 7.88. The molecule has 0 saturated carbocycles. The van der Waals surface area contributed by atoms with Crippen LogP contribution in [0.1, 0.15) is 40.3 Å². The molecular formula is C23H26N4O3S. The number of carbonyl (C=O) groups excluding carboxylic acids is 2. The van der Waals surface area contributed by atoms with Gasteiger partial charge in [0.2, 0.25) is 5.91 Å². The Labute approximate surface area is 185 Å². The maximum absolute atomic E-state index is 11.9. The zero-order valence-corrected chi connectivity index (χ0v) is 18.4. The standard InChI is InChI=1S/C23H26N4O3S/c1-16-18(23(24)29)13-20(27(16)12-6-11-26-10-5-9-22(26)28)19-15-31-21(25-19)14-30-17-7-3-2-4-8-17/h2-4,7-8,13,15H,5-6,9-12,14H2,1H3,(H2,24,29). The number of nitrogens with zero attached hydrogens (tertiary/aromatic N) is 3. The maximum Gasteiger partial charge on any atom is 0.250 e. The van der Waals surface area contributed by atoms with Crippen LogP contribution in [0.2, 0.25) is 0 Å². The number of nitrogens with two attached hydrogens (primary N) is 1. The number of hydrogen-bond donors (Lipinski definition) is 1. The zero-order valence-electron chi connectivity index (χ0n) is 17.5. The van der Waals surface area contributed by atoms with E-state index in [0.717, 1.165) is 53.8 Å². The molecule has 1 aliphatic rings. The van der Waals surface area contributed by atoms with Gasteiger partial charge in [0.1, 0.15) is 17.4 Å². The van der Waals surface area contributed by atoms with Crippen molar-refractivity contribution in [3.8, 4) is 17.1 Å². The minimum atomic E-state index is -0.449. The molecule has 7 nitrogen and oxygen atoms in total. The number of thiazole rings is 1. The summed E-state index contributed by atoms with van der Waals surface area (Å²) in [5, 5.41) is 2.83. The summed E-state index contributed by atoms with van der Waals surface area (Å²) >= 11 is 1.52. The van der Waals surface area contributed by atoms with Crippen molar-refractivity contribution in [1.82, 2.24) is 14.5 Å². The lowest BCUT2D eigenvalue weighted by Crippen LogP contribution is -2.26. The Morgan fingerprint density at radius 3 is 2.77 bits per heavy atom. The third kappa shape index (κ3) is 4.80. The predicted octanol–water partition coefficient (Wildman–Crippen LogP) is 3.61. The number of amides is 2. The Morgan fingerprint density at radius 2 is 2.06 bits per heavy atom. The second-order valence-corrected chi connectivity index (χ2v) is 8.55. The number of aromatic nitrogens is 2. The quantitative estimate of drug-likeness (QED) is 0.553. The second kappa shape index (κ2) is 9.34. The lowest BCUT2D eigenvalue weighted by atomic mass is 10.2. The summed E-state index contributed by atoms with van der Waals surface area (Å²) in [5.41, 5.74) is 8.58. The first-order chi connectivity index (χ1) is 15.0. The van der Waals surface area contributed by atoms with Crippen molar-refractivity contribution in [2.45, 2.75) is 39.3 Å². The van der Waals surface area contributed by atoms with Crippen LogP contribution in [0.15, 0.2) is 41.8 Å². The largest absolute Gasteiger partial charge is 0.486 e. The SMILES string of the molecule is Cc1c(C(N)=O)cc(-c2csc(COc3ccccc3)n2)n1CCCN1CCCC1=O. The van der Waals surface area contributed by atoms with Gasteiger partial charge in [0, 0.05) is 37.1 Å². The van der Waals surface area contributed by atoms with Crippen molar-refractivity contribution in [2.24, 2.45) is 5.73 Å². The third-order valence-corrected chi connectivity index (χ3v) is 6.36. The monoisotopic (exact) mass is 438 g/mol. The highest BCUT2D eigenvalue weighted by molar-refractivity contribution is 7.09. The van der Waals surface area contributed by atoms with Crippen LogP contribution in [0, 0.1) is 6.92 Å². The Hall–Kier alpha value is -3.13. The van der Waals surface area contributed by atoms with Gasteiger partial charge in [-0.2, -0.15) is 0 Å².